The van der Waals surface area contributed by atoms with Gasteiger partial charge in [-0.25, -0.2) is 8.42 Å². The maximum Gasteiger partial charge on any atom is 0.178 e. The number of hydrogen-bond donors (Lipinski definition) is 0. The van der Waals surface area contributed by atoms with Crippen LogP contribution in [0.3, 0.4) is 0 Å². The van der Waals surface area contributed by atoms with Crippen molar-refractivity contribution in [3.63, 3.8) is 0 Å². The first-order valence-electron chi connectivity index (χ1n) is 9.30. The zero-order chi connectivity index (χ0) is 20.4. The Morgan fingerprint density at radius 3 is 1.83 bits per heavy atom. The van der Waals surface area contributed by atoms with Gasteiger partial charge in [0.2, 0.25) is 0 Å². The Bertz CT molecular complexity index is 1020. The molecule has 4 nitrogen and oxygen atoms in total. The highest BCUT2D eigenvalue weighted by Gasteiger charge is 2.36. The van der Waals surface area contributed by atoms with Gasteiger partial charge in [0.1, 0.15) is 0 Å². The molecule has 150 valence electrons. The number of likely N-dealkylation sites (tertiary alicyclic amines) is 1. The average Bonchev–Trinajstić information content (AvgIpc) is 2.69. The van der Waals surface area contributed by atoms with Gasteiger partial charge in [0.05, 0.1) is 16.7 Å². The fraction of sp³-hybridized carbons (Fsp3) is 0.227. The van der Waals surface area contributed by atoms with Crippen molar-refractivity contribution < 1.29 is 8.42 Å². The normalized spacial score (nSPS) is 15.4. The highest BCUT2D eigenvalue weighted by Crippen LogP contribution is 2.36. The van der Waals surface area contributed by atoms with E-state index in [0.29, 0.717) is 28.0 Å². The lowest BCUT2D eigenvalue weighted by atomic mass is 9.91. The van der Waals surface area contributed by atoms with Crippen molar-refractivity contribution in [3.8, 4) is 0 Å². The van der Waals surface area contributed by atoms with Crippen LogP contribution in [0, 0.1) is 5.92 Å². The van der Waals surface area contributed by atoms with Crippen molar-refractivity contribution in [2.24, 2.45) is 5.92 Å². The van der Waals surface area contributed by atoms with Crippen LogP contribution in [0.5, 0.6) is 0 Å². The minimum absolute atomic E-state index is 0.0319. The molecular formula is C22H20Cl2N2O2S. The molecule has 0 aliphatic carbocycles. The van der Waals surface area contributed by atoms with Crippen LogP contribution in [0.4, 0.5) is 0 Å². The zero-order valence-electron chi connectivity index (χ0n) is 15.6. The number of aromatic nitrogens is 1. The summed E-state index contributed by atoms with van der Waals surface area (Å²) in [4.78, 5) is 6.52. The highest BCUT2D eigenvalue weighted by atomic mass is 35.5. The fourth-order valence-corrected chi connectivity index (χ4v) is 5.59. The van der Waals surface area contributed by atoms with Crippen LogP contribution in [-0.4, -0.2) is 37.1 Å². The van der Waals surface area contributed by atoms with Gasteiger partial charge in [-0.15, -0.1) is 0 Å². The van der Waals surface area contributed by atoms with E-state index in [1.807, 2.05) is 48.5 Å². The lowest BCUT2D eigenvalue weighted by Gasteiger charge is -2.44. The van der Waals surface area contributed by atoms with Crippen LogP contribution in [0.15, 0.2) is 78.0 Å². The van der Waals surface area contributed by atoms with Crippen LogP contribution in [0.25, 0.3) is 0 Å². The predicted octanol–water partition coefficient (Wildman–Crippen LogP) is 4.88. The van der Waals surface area contributed by atoms with E-state index in [0.717, 1.165) is 11.1 Å². The van der Waals surface area contributed by atoms with Crippen molar-refractivity contribution in [1.29, 1.82) is 0 Å². The predicted molar refractivity (Wildman–Crippen MR) is 116 cm³/mol. The van der Waals surface area contributed by atoms with E-state index >= 15 is 0 Å². The first-order chi connectivity index (χ1) is 13.9. The lowest BCUT2D eigenvalue weighted by Crippen LogP contribution is -2.51. The molecule has 3 aromatic rings. The molecule has 1 saturated heterocycles. The summed E-state index contributed by atoms with van der Waals surface area (Å²) in [5, 5.41) is 1.38. The summed E-state index contributed by atoms with van der Waals surface area (Å²) in [6.45, 7) is 1.42. The van der Waals surface area contributed by atoms with Crippen LogP contribution in [-0.2, 0) is 9.84 Å². The van der Waals surface area contributed by atoms with Crippen LogP contribution in [0.1, 0.15) is 17.2 Å². The fourth-order valence-electron chi connectivity index (χ4n) is 3.78. The summed E-state index contributed by atoms with van der Waals surface area (Å²) in [6, 6.07) is 18.7. The molecule has 0 atom stereocenters. The van der Waals surface area contributed by atoms with E-state index in [1.165, 1.54) is 12.4 Å². The number of pyridine rings is 1. The first kappa shape index (κ1) is 20.4. The number of benzene rings is 2. The quantitative estimate of drug-likeness (QED) is 0.540. The van der Waals surface area contributed by atoms with E-state index in [4.69, 9.17) is 23.2 Å². The second kappa shape index (κ2) is 8.44. The minimum Gasteiger partial charge on any atom is -0.292 e. The highest BCUT2D eigenvalue weighted by molar-refractivity contribution is 7.91. The van der Waals surface area contributed by atoms with Gasteiger partial charge in [0.25, 0.3) is 0 Å². The topological polar surface area (TPSA) is 50.3 Å². The monoisotopic (exact) mass is 446 g/mol. The Morgan fingerprint density at radius 2 is 1.34 bits per heavy atom. The molecule has 1 aliphatic heterocycles. The summed E-state index contributed by atoms with van der Waals surface area (Å²) >= 11 is 12.1. The van der Waals surface area contributed by atoms with Gasteiger partial charge in [-0.3, -0.25) is 9.88 Å². The number of nitrogens with zero attached hydrogens (tertiary/aromatic N) is 2. The zero-order valence-corrected chi connectivity index (χ0v) is 17.9. The summed E-state index contributed by atoms with van der Waals surface area (Å²) < 4.78 is 25.3. The van der Waals surface area contributed by atoms with E-state index in [2.05, 4.69) is 9.88 Å². The molecule has 0 amide bonds. The summed E-state index contributed by atoms with van der Waals surface area (Å²) in [6.07, 6.45) is 3.02. The molecule has 29 heavy (non-hydrogen) atoms. The van der Waals surface area contributed by atoms with E-state index < -0.39 is 9.84 Å². The largest absolute Gasteiger partial charge is 0.292 e. The van der Waals surface area contributed by atoms with E-state index in [-0.39, 0.29) is 17.7 Å². The minimum atomic E-state index is -3.31. The number of rotatable bonds is 6. The van der Waals surface area contributed by atoms with Gasteiger partial charge in [-0.2, -0.15) is 0 Å². The van der Waals surface area contributed by atoms with Gasteiger partial charge >= 0.3 is 0 Å². The first-order valence-corrected chi connectivity index (χ1v) is 11.7. The molecule has 1 fully saturated rings. The van der Waals surface area contributed by atoms with Crippen LogP contribution >= 0.6 is 23.2 Å². The molecule has 7 heteroatoms. The third kappa shape index (κ3) is 4.64. The Morgan fingerprint density at radius 1 is 0.862 bits per heavy atom. The van der Waals surface area contributed by atoms with Crippen molar-refractivity contribution >= 4 is 33.0 Å². The SMILES string of the molecule is O=S(=O)(CC1CN(C(c2ccc(Cl)cc2)c2ccc(Cl)cc2)C1)c1ccncc1. The molecule has 1 aromatic heterocycles. The van der Waals surface area contributed by atoms with Crippen molar-refractivity contribution in [2.45, 2.75) is 10.9 Å². The van der Waals surface area contributed by atoms with Gasteiger partial charge < -0.3 is 0 Å². The summed E-state index contributed by atoms with van der Waals surface area (Å²) in [7, 11) is -3.31. The molecule has 0 saturated carbocycles. The Kier molecular flexibility index (Phi) is 5.93. The summed E-state index contributed by atoms with van der Waals surface area (Å²) in [5.74, 6) is 0.233. The molecule has 0 radical (unpaired) electrons. The van der Waals surface area contributed by atoms with E-state index in [9.17, 15) is 8.42 Å². The third-order valence-electron chi connectivity index (χ3n) is 5.19. The maximum atomic E-state index is 12.7. The molecule has 2 aromatic carbocycles. The molecule has 0 unspecified atom stereocenters. The van der Waals surface area contributed by atoms with Gasteiger partial charge in [-0.05, 0) is 53.4 Å². The van der Waals surface area contributed by atoms with Gasteiger partial charge in [0.15, 0.2) is 9.84 Å². The van der Waals surface area contributed by atoms with Gasteiger partial charge in [-0.1, -0.05) is 47.5 Å². The van der Waals surface area contributed by atoms with Crippen molar-refractivity contribution in [2.75, 3.05) is 18.8 Å². The molecule has 0 N–H and O–H groups in total. The smallest absolute Gasteiger partial charge is 0.178 e. The number of halogens is 2. The standard InChI is InChI=1S/C22H20Cl2N2O2S/c23-19-5-1-17(2-6-19)22(18-3-7-20(24)8-4-18)26-13-16(14-26)15-29(27,28)21-9-11-25-12-10-21/h1-12,16,22H,13-15H2. The maximum absolute atomic E-state index is 12.7. The van der Waals surface area contributed by atoms with Crippen molar-refractivity contribution in [3.05, 3.63) is 94.2 Å². The molecule has 1 aliphatic rings. The average molecular weight is 447 g/mol. The number of sulfone groups is 1. The van der Waals surface area contributed by atoms with E-state index in [1.54, 1.807) is 12.1 Å². The third-order valence-corrected chi connectivity index (χ3v) is 7.59. The Hall–Kier alpha value is -1.92. The molecular weight excluding hydrogens is 427 g/mol. The summed E-state index contributed by atoms with van der Waals surface area (Å²) in [5.41, 5.74) is 2.24. The molecule has 2 heterocycles. The lowest BCUT2D eigenvalue weighted by molar-refractivity contribution is 0.0812. The van der Waals surface area contributed by atoms with Gasteiger partial charge in [0, 0.05) is 35.5 Å². The Labute approximate surface area is 181 Å². The van der Waals surface area contributed by atoms with Crippen LogP contribution in [0.2, 0.25) is 10.0 Å². The van der Waals surface area contributed by atoms with Crippen molar-refractivity contribution in [1.82, 2.24) is 9.88 Å². The molecule has 0 bridgehead atoms. The second-order valence-electron chi connectivity index (χ2n) is 7.29. The molecule has 4 rings (SSSR count). The number of hydrogen-bond acceptors (Lipinski definition) is 4. The second-order valence-corrected chi connectivity index (χ2v) is 10.2. The Balaban J connectivity index is 1.52. The molecule has 0 spiro atoms. The van der Waals surface area contributed by atoms with Crippen LogP contribution < -0.4 is 0 Å².